The van der Waals surface area contributed by atoms with Crippen LogP contribution in [0.4, 0.5) is 0 Å². The molecule has 4 nitrogen and oxygen atoms in total. The summed E-state index contributed by atoms with van der Waals surface area (Å²) in [6.07, 6.45) is 2.53. The normalized spacial score (nSPS) is 10.7. The zero-order chi connectivity index (χ0) is 14.3. The van der Waals surface area contributed by atoms with Crippen molar-refractivity contribution in [1.82, 2.24) is 4.90 Å². The molecule has 0 saturated carbocycles. The molecule has 0 radical (unpaired) electrons. The molecule has 4 heteroatoms. The van der Waals surface area contributed by atoms with Crippen LogP contribution in [0.1, 0.15) is 18.9 Å². The first-order valence-corrected chi connectivity index (χ1v) is 6.14. The Labute approximate surface area is 113 Å². The molecule has 1 aromatic carbocycles. The van der Waals surface area contributed by atoms with Crippen molar-refractivity contribution in [2.75, 3.05) is 20.7 Å². The van der Waals surface area contributed by atoms with Crippen LogP contribution in [0.2, 0.25) is 0 Å². The molecule has 0 aliphatic carbocycles. The average molecular weight is 258 g/mol. The Balaban J connectivity index is 2.86. The second-order valence-corrected chi connectivity index (χ2v) is 4.29. The number of likely N-dealkylation sites (N-methyl/N-ethyl adjacent to an activating group) is 1. The maximum absolute atomic E-state index is 11.7. The molecule has 0 bridgehead atoms. The summed E-state index contributed by atoms with van der Waals surface area (Å²) < 4.78 is 5.47. The fourth-order valence-corrected chi connectivity index (χ4v) is 1.43. The number of nitrogens with zero attached hydrogens (tertiary/aromatic N) is 2. The van der Waals surface area contributed by atoms with Crippen molar-refractivity contribution in [3.05, 3.63) is 35.4 Å². The second-order valence-electron chi connectivity index (χ2n) is 4.29. The molecule has 0 fully saturated rings. The van der Waals surface area contributed by atoms with E-state index >= 15 is 0 Å². The van der Waals surface area contributed by atoms with Crippen LogP contribution < -0.4 is 4.74 Å². The van der Waals surface area contributed by atoms with Crippen molar-refractivity contribution in [3.63, 3.8) is 0 Å². The maximum Gasteiger partial charge on any atom is 0.264 e. The number of carbonyl (C=O) groups excluding carboxylic acids is 1. The number of amides is 1. The van der Waals surface area contributed by atoms with Gasteiger partial charge in [0.05, 0.1) is 6.61 Å². The van der Waals surface area contributed by atoms with Gasteiger partial charge in [-0.05, 0) is 30.2 Å². The second kappa shape index (κ2) is 7.22. The van der Waals surface area contributed by atoms with Crippen molar-refractivity contribution in [2.45, 2.75) is 13.3 Å². The first-order chi connectivity index (χ1) is 9.08. The monoisotopic (exact) mass is 258 g/mol. The molecule has 0 aliphatic rings. The lowest BCUT2D eigenvalue weighted by molar-refractivity contribution is -0.124. The molecule has 1 rings (SSSR count). The predicted molar refractivity (Wildman–Crippen MR) is 74.5 cm³/mol. The number of rotatable bonds is 5. The van der Waals surface area contributed by atoms with Gasteiger partial charge in [0.15, 0.2) is 0 Å². The highest BCUT2D eigenvalue weighted by Crippen LogP contribution is 2.15. The minimum absolute atomic E-state index is 0.118. The van der Waals surface area contributed by atoms with Crippen LogP contribution in [0.25, 0.3) is 6.08 Å². The third kappa shape index (κ3) is 4.47. The van der Waals surface area contributed by atoms with Gasteiger partial charge in [-0.3, -0.25) is 4.79 Å². The maximum atomic E-state index is 11.7. The molecule has 0 N–H and O–H groups in total. The highest BCUT2D eigenvalue weighted by atomic mass is 16.5. The van der Waals surface area contributed by atoms with E-state index in [9.17, 15) is 4.79 Å². The number of hydrogen-bond acceptors (Lipinski definition) is 3. The molecular weight excluding hydrogens is 240 g/mol. The summed E-state index contributed by atoms with van der Waals surface area (Å²) >= 11 is 0. The van der Waals surface area contributed by atoms with Crippen LogP contribution in [-0.2, 0) is 4.79 Å². The van der Waals surface area contributed by atoms with Gasteiger partial charge in [-0.25, -0.2) is 0 Å². The van der Waals surface area contributed by atoms with Gasteiger partial charge in [-0.1, -0.05) is 19.1 Å². The highest BCUT2D eigenvalue weighted by molar-refractivity contribution is 6.01. The molecule has 1 amide bonds. The van der Waals surface area contributed by atoms with E-state index in [1.54, 1.807) is 20.2 Å². The molecule has 0 atom stereocenters. The van der Waals surface area contributed by atoms with Gasteiger partial charge in [-0.15, -0.1) is 0 Å². The minimum atomic E-state index is -0.297. The molecule has 0 saturated heterocycles. The van der Waals surface area contributed by atoms with Gasteiger partial charge in [0, 0.05) is 14.1 Å². The molecular formula is C15H18N2O2. The summed E-state index contributed by atoms with van der Waals surface area (Å²) in [6.45, 7) is 2.72. The van der Waals surface area contributed by atoms with Crippen LogP contribution in [0, 0.1) is 11.3 Å². The smallest absolute Gasteiger partial charge is 0.264 e. The Bertz CT molecular complexity index is 496. The summed E-state index contributed by atoms with van der Waals surface area (Å²) in [4.78, 5) is 13.1. The van der Waals surface area contributed by atoms with Gasteiger partial charge >= 0.3 is 0 Å². The minimum Gasteiger partial charge on any atom is -0.494 e. The standard InChI is InChI=1S/C15H18N2O2/c1-4-9-19-14-7-5-12(6-8-14)10-13(11-16)15(18)17(2)3/h5-8,10H,4,9H2,1-3H3/b13-10+. The molecule has 1 aromatic rings. The van der Waals surface area contributed by atoms with Crippen LogP contribution in [0.3, 0.4) is 0 Å². The fourth-order valence-electron chi connectivity index (χ4n) is 1.43. The van der Waals surface area contributed by atoms with Gasteiger partial charge in [0.2, 0.25) is 0 Å². The van der Waals surface area contributed by atoms with Crippen molar-refractivity contribution < 1.29 is 9.53 Å². The zero-order valence-electron chi connectivity index (χ0n) is 11.5. The van der Waals surface area contributed by atoms with Crippen molar-refractivity contribution in [3.8, 4) is 11.8 Å². The predicted octanol–water partition coefficient (Wildman–Crippen LogP) is 2.47. The Morgan fingerprint density at radius 3 is 2.47 bits per heavy atom. The molecule has 0 spiro atoms. The average Bonchev–Trinajstić information content (AvgIpc) is 2.43. The molecule has 0 aromatic heterocycles. The highest BCUT2D eigenvalue weighted by Gasteiger charge is 2.10. The lowest BCUT2D eigenvalue weighted by atomic mass is 10.1. The van der Waals surface area contributed by atoms with Crippen LogP contribution in [0.15, 0.2) is 29.8 Å². The van der Waals surface area contributed by atoms with E-state index in [4.69, 9.17) is 10.00 Å². The Morgan fingerprint density at radius 2 is 2.00 bits per heavy atom. The topological polar surface area (TPSA) is 53.3 Å². The Morgan fingerprint density at radius 1 is 1.37 bits per heavy atom. The third-order valence-electron chi connectivity index (χ3n) is 2.42. The van der Waals surface area contributed by atoms with E-state index < -0.39 is 0 Å². The molecule has 100 valence electrons. The van der Waals surface area contributed by atoms with Gasteiger partial charge in [-0.2, -0.15) is 5.26 Å². The van der Waals surface area contributed by atoms with Crippen LogP contribution in [0.5, 0.6) is 5.75 Å². The number of benzene rings is 1. The lowest BCUT2D eigenvalue weighted by Gasteiger charge is -2.08. The van der Waals surface area contributed by atoms with E-state index in [1.807, 2.05) is 37.3 Å². The van der Waals surface area contributed by atoms with E-state index in [0.717, 1.165) is 17.7 Å². The third-order valence-corrected chi connectivity index (χ3v) is 2.42. The van der Waals surface area contributed by atoms with Crippen LogP contribution in [-0.4, -0.2) is 31.5 Å². The summed E-state index contributed by atoms with van der Waals surface area (Å²) in [6, 6.07) is 9.23. The SMILES string of the molecule is CCCOc1ccc(/C=C(\C#N)C(=O)N(C)C)cc1. The number of nitriles is 1. The van der Waals surface area contributed by atoms with Crippen molar-refractivity contribution in [1.29, 1.82) is 5.26 Å². The lowest BCUT2D eigenvalue weighted by Crippen LogP contribution is -2.22. The quantitative estimate of drug-likeness (QED) is 0.602. The van der Waals surface area contributed by atoms with Crippen molar-refractivity contribution in [2.24, 2.45) is 0 Å². The van der Waals surface area contributed by atoms with E-state index in [2.05, 4.69) is 0 Å². The van der Waals surface area contributed by atoms with Gasteiger partial charge in [0.1, 0.15) is 17.4 Å². The van der Waals surface area contributed by atoms with E-state index in [0.29, 0.717) is 6.61 Å². The summed E-state index contributed by atoms with van der Waals surface area (Å²) in [5.74, 6) is 0.491. The fraction of sp³-hybridized carbons (Fsp3) is 0.333. The number of hydrogen-bond donors (Lipinski definition) is 0. The first kappa shape index (κ1) is 14.8. The molecule has 19 heavy (non-hydrogen) atoms. The Hall–Kier alpha value is -2.28. The molecule has 0 aliphatic heterocycles. The summed E-state index contributed by atoms with van der Waals surface area (Å²) in [5.41, 5.74) is 0.919. The van der Waals surface area contributed by atoms with Crippen LogP contribution >= 0.6 is 0 Å². The summed E-state index contributed by atoms with van der Waals surface area (Å²) in [5, 5.41) is 8.99. The number of carbonyl (C=O) groups is 1. The number of ether oxygens (including phenoxy) is 1. The van der Waals surface area contributed by atoms with Crippen molar-refractivity contribution >= 4 is 12.0 Å². The molecule has 0 heterocycles. The Kier molecular flexibility index (Phi) is 5.62. The summed E-state index contributed by atoms with van der Waals surface area (Å²) in [7, 11) is 3.24. The van der Waals surface area contributed by atoms with E-state index in [1.165, 1.54) is 4.90 Å². The van der Waals surface area contributed by atoms with Gasteiger partial charge < -0.3 is 9.64 Å². The van der Waals surface area contributed by atoms with Gasteiger partial charge in [0.25, 0.3) is 5.91 Å². The zero-order valence-corrected chi connectivity index (χ0v) is 11.5. The largest absolute Gasteiger partial charge is 0.494 e. The first-order valence-electron chi connectivity index (χ1n) is 6.14. The molecule has 0 unspecified atom stereocenters. The van der Waals surface area contributed by atoms with E-state index in [-0.39, 0.29) is 11.5 Å².